The van der Waals surface area contributed by atoms with E-state index >= 15 is 0 Å². The zero-order valence-electron chi connectivity index (χ0n) is 22.4. The summed E-state index contributed by atoms with van der Waals surface area (Å²) < 4.78 is 18.6. The topological polar surface area (TPSA) is 91.3 Å². The Kier molecular flexibility index (Phi) is 8.51. The number of aryl methyl sites for hydroxylation is 1. The number of anilines is 2. The highest BCUT2D eigenvalue weighted by Gasteiger charge is 2.35. The molecule has 2 amide bonds. The van der Waals surface area contributed by atoms with Gasteiger partial charge >= 0.3 is 5.97 Å². The van der Waals surface area contributed by atoms with Crippen LogP contribution in [0.4, 0.5) is 21.5 Å². The fourth-order valence-electron chi connectivity index (χ4n) is 4.40. The Balaban J connectivity index is 1.69. The molecule has 8 nitrogen and oxygen atoms in total. The van der Waals surface area contributed by atoms with Gasteiger partial charge in [-0.1, -0.05) is 30.3 Å². The average molecular weight is 531 g/mol. The summed E-state index contributed by atoms with van der Waals surface area (Å²) in [6, 6.07) is 18.9. The molecule has 0 aromatic heterocycles. The molecule has 202 valence electrons. The van der Waals surface area contributed by atoms with Gasteiger partial charge in [-0.3, -0.25) is 19.4 Å². The summed E-state index contributed by atoms with van der Waals surface area (Å²) in [6.07, 6.45) is 0.783. The van der Waals surface area contributed by atoms with E-state index in [0.717, 1.165) is 16.8 Å². The van der Waals surface area contributed by atoms with E-state index in [4.69, 9.17) is 9.73 Å². The van der Waals surface area contributed by atoms with Crippen LogP contribution < -0.4 is 10.2 Å². The number of amides is 2. The first kappa shape index (κ1) is 27.7. The fourth-order valence-corrected chi connectivity index (χ4v) is 4.40. The van der Waals surface area contributed by atoms with Crippen molar-refractivity contribution in [2.75, 3.05) is 45.0 Å². The number of fused-ring (bicyclic) bond motifs is 1. The lowest BCUT2D eigenvalue weighted by Crippen LogP contribution is -2.34. The summed E-state index contributed by atoms with van der Waals surface area (Å²) in [5.41, 5.74) is 4.54. The third-order valence-electron chi connectivity index (χ3n) is 6.53. The van der Waals surface area contributed by atoms with Crippen LogP contribution in [0.3, 0.4) is 0 Å². The molecule has 3 aromatic carbocycles. The number of nitrogens with zero attached hydrogens (tertiary/aromatic N) is 3. The van der Waals surface area contributed by atoms with Gasteiger partial charge in [-0.15, -0.1) is 0 Å². The van der Waals surface area contributed by atoms with Gasteiger partial charge in [-0.25, -0.2) is 4.39 Å². The molecule has 0 saturated heterocycles. The smallest absolute Gasteiger partial charge is 0.305 e. The minimum absolute atomic E-state index is 0.0457. The van der Waals surface area contributed by atoms with Crippen LogP contribution in [0, 0.1) is 5.82 Å². The second kappa shape index (κ2) is 12.0. The molecule has 1 aliphatic heterocycles. The lowest BCUT2D eigenvalue weighted by molar-refractivity contribution is -0.140. The van der Waals surface area contributed by atoms with Crippen LogP contribution >= 0.6 is 0 Å². The lowest BCUT2D eigenvalue weighted by atomic mass is 9.90. The van der Waals surface area contributed by atoms with E-state index in [9.17, 15) is 18.8 Å². The summed E-state index contributed by atoms with van der Waals surface area (Å²) in [5, 5.41) is 2.77. The highest BCUT2D eigenvalue weighted by molar-refractivity contribution is 6.24. The number of carbonyl (C=O) groups is 3. The first-order valence-corrected chi connectivity index (χ1v) is 12.5. The standard InChI is InChI=1S/C30H31FN4O4/c1-34(2)18-26(36)35(3)23-13-11-22(12-14-23)32-29(20-8-5-19(6-9-20)7-16-27(37)39-4)28-24-15-10-21(31)17-25(24)33-30(28)38/h5-6,8-15,17,28H,7,16,18H2,1-4H3,(H,33,38). The first-order chi connectivity index (χ1) is 18.7. The molecule has 9 heteroatoms. The van der Waals surface area contributed by atoms with Crippen molar-refractivity contribution >= 4 is 40.6 Å². The average Bonchev–Trinajstić information content (AvgIpc) is 3.24. The normalized spacial score (nSPS) is 14.7. The van der Waals surface area contributed by atoms with Crippen molar-refractivity contribution in [2.45, 2.75) is 18.8 Å². The Morgan fingerprint density at radius 3 is 2.33 bits per heavy atom. The molecule has 1 unspecified atom stereocenters. The molecule has 1 atom stereocenters. The highest BCUT2D eigenvalue weighted by atomic mass is 19.1. The quantitative estimate of drug-likeness (QED) is 0.329. The van der Waals surface area contributed by atoms with Gasteiger partial charge in [0.25, 0.3) is 0 Å². The van der Waals surface area contributed by atoms with Crippen molar-refractivity contribution in [3.05, 3.63) is 89.2 Å². The van der Waals surface area contributed by atoms with Gasteiger partial charge in [0.15, 0.2) is 0 Å². The number of carbonyl (C=O) groups excluding carboxylic acids is 3. The molecule has 0 fully saturated rings. The van der Waals surface area contributed by atoms with Crippen LogP contribution in [0.2, 0.25) is 0 Å². The zero-order chi connectivity index (χ0) is 28.1. The summed E-state index contributed by atoms with van der Waals surface area (Å²) in [5.74, 6) is -1.81. The van der Waals surface area contributed by atoms with E-state index in [-0.39, 0.29) is 30.7 Å². The first-order valence-electron chi connectivity index (χ1n) is 12.5. The Morgan fingerprint density at radius 1 is 1.00 bits per heavy atom. The largest absolute Gasteiger partial charge is 0.469 e. The fraction of sp³-hybridized carbons (Fsp3) is 0.267. The van der Waals surface area contributed by atoms with Crippen molar-refractivity contribution in [2.24, 2.45) is 4.99 Å². The van der Waals surface area contributed by atoms with Gasteiger partial charge < -0.3 is 19.9 Å². The summed E-state index contributed by atoms with van der Waals surface area (Å²) in [4.78, 5) is 45.3. The molecular formula is C30H31FN4O4. The SMILES string of the molecule is COC(=O)CCc1ccc(C(=Nc2ccc(N(C)C(=O)CN(C)C)cc2)C2C(=O)Nc3cc(F)ccc32)cc1. The summed E-state index contributed by atoms with van der Waals surface area (Å²) >= 11 is 0. The molecule has 0 saturated carbocycles. The molecule has 0 spiro atoms. The molecule has 1 aliphatic rings. The maximum absolute atomic E-state index is 13.9. The van der Waals surface area contributed by atoms with Crippen LogP contribution in [0.15, 0.2) is 71.7 Å². The predicted molar refractivity (Wildman–Crippen MR) is 149 cm³/mol. The molecule has 1 heterocycles. The van der Waals surface area contributed by atoms with Gasteiger partial charge in [0, 0.05) is 24.8 Å². The maximum atomic E-state index is 13.9. The molecule has 1 N–H and O–H groups in total. The Labute approximate surface area is 227 Å². The van der Waals surface area contributed by atoms with Crippen molar-refractivity contribution < 1.29 is 23.5 Å². The van der Waals surface area contributed by atoms with E-state index in [1.165, 1.54) is 19.2 Å². The highest BCUT2D eigenvalue weighted by Crippen LogP contribution is 2.37. The van der Waals surface area contributed by atoms with Gasteiger partial charge in [-0.2, -0.15) is 0 Å². The molecular weight excluding hydrogens is 499 g/mol. The molecule has 39 heavy (non-hydrogen) atoms. The number of aliphatic imine (C=N–C) groups is 1. The number of esters is 1. The number of nitrogens with one attached hydrogen (secondary N) is 1. The lowest BCUT2D eigenvalue weighted by Gasteiger charge is -2.20. The second-order valence-electron chi connectivity index (χ2n) is 9.63. The summed E-state index contributed by atoms with van der Waals surface area (Å²) in [6.45, 7) is 0.285. The summed E-state index contributed by atoms with van der Waals surface area (Å²) in [7, 11) is 6.75. The Morgan fingerprint density at radius 2 is 1.69 bits per heavy atom. The molecule has 0 bridgehead atoms. The number of likely N-dealkylation sites (N-methyl/N-ethyl adjacent to an activating group) is 2. The van der Waals surface area contributed by atoms with E-state index in [1.807, 2.05) is 38.4 Å². The van der Waals surface area contributed by atoms with Gasteiger partial charge in [0.05, 0.1) is 25.1 Å². The van der Waals surface area contributed by atoms with Crippen molar-refractivity contribution in [1.82, 2.24) is 4.90 Å². The van der Waals surface area contributed by atoms with Gasteiger partial charge in [0.2, 0.25) is 11.8 Å². The van der Waals surface area contributed by atoms with Crippen molar-refractivity contribution in [3.63, 3.8) is 0 Å². The van der Waals surface area contributed by atoms with Gasteiger partial charge in [0.1, 0.15) is 11.7 Å². The minimum atomic E-state index is -0.745. The Bertz CT molecular complexity index is 1400. The van der Waals surface area contributed by atoms with E-state index < -0.39 is 11.7 Å². The third-order valence-corrected chi connectivity index (χ3v) is 6.53. The number of benzene rings is 3. The monoisotopic (exact) mass is 530 g/mol. The number of methoxy groups -OCH3 is 1. The molecule has 4 rings (SSSR count). The number of halogens is 1. The van der Waals surface area contributed by atoms with E-state index in [1.54, 1.807) is 47.2 Å². The number of hydrogen-bond acceptors (Lipinski definition) is 6. The second-order valence-corrected chi connectivity index (χ2v) is 9.63. The van der Waals surface area contributed by atoms with E-state index in [2.05, 4.69) is 5.32 Å². The van der Waals surface area contributed by atoms with Crippen LogP contribution in [0.5, 0.6) is 0 Å². The van der Waals surface area contributed by atoms with Crippen LogP contribution in [0.1, 0.15) is 29.0 Å². The number of ether oxygens (including phenoxy) is 1. The van der Waals surface area contributed by atoms with Gasteiger partial charge in [-0.05, 0) is 73.6 Å². The molecule has 0 aliphatic carbocycles. The zero-order valence-corrected chi connectivity index (χ0v) is 22.4. The Hall–Kier alpha value is -4.37. The van der Waals surface area contributed by atoms with Crippen LogP contribution in [0.25, 0.3) is 0 Å². The third kappa shape index (κ3) is 6.56. The maximum Gasteiger partial charge on any atom is 0.305 e. The molecule has 3 aromatic rings. The van der Waals surface area contributed by atoms with Crippen LogP contribution in [-0.4, -0.2) is 63.2 Å². The number of rotatable bonds is 9. The van der Waals surface area contributed by atoms with Crippen molar-refractivity contribution in [1.29, 1.82) is 0 Å². The number of hydrogen-bond donors (Lipinski definition) is 1. The van der Waals surface area contributed by atoms with Crippen molar-refractivity contribution in [3.8, 4) is 0 Å². The van der Waals surface area contributed by atoms with Crippen LogP contribution in [-0.2, 0) is 25.5 Å². The molecule has 0 radical (unpaired) electrons. The predicted octanol–water partition coefficient (Wildman–Crippen LogP) is 4.31. The minimum Gasteiger partial charge on any atom is -0.469 e. The van der Waals surface area contributed by atoms with E-state index in [0.29, 0.717) is 29.1 Å².